The third-order valence-electron chi connectivity index (χ3n) is 7.08. The Kier molecular flexibility index (Phi) is 8.35. The molecule has 0 spiro atoms. The summed E-state index contributed by atoms with van der Waals surface area (Å²) in [6.45, 7) is 5.24. The van der Waals surface area contributed by atoms with Crippen molar-refractivity contribution in [3.63, 3.8) is 0 Å². The summed E-state index contributed by atoms with van der Waals surface area (Å²) in [6.07, 6.45) is -1.30. The molecule has 0 bridgehead atoms. The van der Waals surface area contributed by atoms with Gasteiger partial charge in [-0.25, -0.2) is 4.98 Å². The average Bonchev–Trinajstić information content (AvgIpc) is 3.42. The number of piperazine rings is 1. The van der Waals surface area contributed by atoms with Gasteiger partial charge in [-0.3, -0.25) is 19.7 Å². The lowest BCUT2D eigenvalue weighted by Gasteiger charge is -2.34. The van der Waals surface area contributed by atoms with Crippen LogP contribution in [-0.2, 0) is 12.7 Å². The number of nitrogens with one attached hydrogen (secondary N) is 2. The second kappa shape index (κ2) is 12.1. The monoisotopic (exact) mass is 562 g/mol. The Labute approximate surface area is 235 Å². The van der Waals surface area contributed by atoms with Crippen molar-refractivity contribution in [1.82, 2.24) is 25.0 Å². The fourth-order valence-electron chi connectivity index (χ4n) is 4.75. The van der Waals surface area contributed by atoms with Gasteiger partial charge >= 0.3 is 6.18 Å². The number of aryl methyl sites for hydroxylation is 1. The number of H-pyrrole nitrogens is 1. The maximum absolute atomic E-state index is 14.0. The van der Waals surface area contributed by atoms with E-state index in [2.05, 4.69) is 37.2 Å². The van der Waals surface area contributed by atoms with Crippen molar-refractivity contribution in [1.29, 1.82) is 0 Å². The number of benzene rings is 2. The highest BCUT2D eigenvalue weighted by molar-refractivity contribution is 6.04. The van der Waals surface area contributed by atoms with Gasteiger partial charge in [-0.05, 0) is 48.4 Å². The minimum atomic E-state index is -4.57. The van der Waals surface area contributed by atoms with Crippen LogP contribution in [0.3, 0.4) is 0 Å². The number of rotatable bonds is 6. The van der Waals surface area contributed by atoms with E-state index in [0.717, 1.165) is 17.0 Å². The summed E-state index contributed by atoms with van der Waals surface area (Å²) in [5.41, 5.74) is 2.54. The molecule has 41 heavy (non-hydrogen) atoms. The molecule has 0 unspecified atom stereocenters. The zero-order chi connectivity index (χ0) is 29.0. The standard InChI is InChI=1S/C30H29F3N6O2/c1-20-2-4-23(15-22(20)5-3-21-14-25-18-35-37-28(25)34-17-21)29(41)36-26-7-6-24(27(16-26)30(31,32)33)19-39-10-8-38(9-11-39)12-13-40/h2,4,6-7,14-18,40H,8-13,19H2,1H3,(H,36,41)(H,34,35,37). The van der Waals surface area contributed by atoms with E-state index in [0.29, 0.717) is 49.5 Å². The maximum Gasteiger partial charge on any atom is 0.416 e. The molecule has 3 N–H and O–H groups in total. The largest absolute Gasteiger partial charge is 0.416 e. The predicted octanol–water partition coefficient (Wildman–Crippen LogP) is 4.05. The first kappa shape index (κ1) is 28.3. The minimum absolute atomic E-state index is 0.0593. The Morgan fingerprint density at radius 2 is 1.83 bits per heavy atom. The molecule has 0 atom stereocenters. The number of anilines is 1. The van der Waals surface area contributed by atoms with Gasteiger partial charge in [0.15, 0.2) is 5.65 Å². The smallest absolute Gasteiger partial charge is 0.395 e. The van der Waals surface area contributed by atoms with Crippen molar-refractivity contribution in [3.05, 3.63) is 88.2 Å². The topological polar surface area (TPSA) is 97.4 Å². The quantitative estimate of drug-likeness (QED) is 0.307. The number of fused-ring (bicyclic) bond motifs is 1. The molecule has 1 aliphatic rings. The number of aromatic amines is 1. The van der Waals surface area contributed by atoms with E-state index in [9.17, 15) is 18.0 Å². The number of hydrogen-bond donors (Lipinski definition) is 3. The summed E-state index contributed by atoms with van der Waals surface area (Å²) in [7, 11) is 0. The molecule has 0 radical (unpaired) electrons. The third-order valence-corrected chi connectivity index (χ3v) is 7.08. The van der Waals surface area contributed by atoms with Gasteiger partial charge in [0.2, 0.25) is 0 Å². The van der Waals surface area contributed by atoms with Gasteiger partial charge in [0, 0.05) is 73.2 Å². The molecule has 3 heterocycles. The molecule has 0 saturated carbocycles. The average molecular weight is 563 g/mol. The van der Waals surface area contributed by atoms with Crippen molar-refractivity contribution in [2.75, 3.05) is 44.6 Å². The molecular weight excluding hydrogens is 533 g/mol. The van der Waals surface area contributed by atoms with Gasteiger partial charge in [0.25, 0.3) is 5.91 Å². The Hall–Kier alpha value is -4.24. The van der Waals surface area contributed by atoms with E-state index in [1.807, 2.05) is 17.9 Å². The number of alkyl halides is 3. The van der Waals surface area contributed by atoms with Crippen molar-refractivity contribution in [3.8, 4) is 11.8 Å². The second-order valence-electron chi connectivity index (χ2n) is 9.98. The number of amides is 1. The van der Waals surface area contributed by atoms with E-state index in [-0.39, 0.29) is 30.0 Å². The molecule has 1 amide bonds. The summed E-state index contributed by atoms with van der Waals surface area (Å²) in [6, 6.07) is 10.8. The lowest BCUT2D eigenvalue weighted by Crippen LogP contribution is -2.46. The van der Waals surface area contributed by atoms with Gasteiger partial charge in [-0.2, -0.15) is 18.3 Å². The summed E-state index contributed by atoms with van der Waals surface area (Å²) in [5, 5.41) is 19.3. The van der Waals surface area contributed by atoms with Crippen molar-refractivity contribution in [2.24, 2.45) is 0 Å². The fourth-order valence-corrected chi connectivity index (χ4v) is 4.75. The van der Waals surface area contributed by atoms with Crippen LogP contribution in [0.2, 0.25) is 0 Å². The molecule has 2 aromatic carbocycles. The zero-order valence-corrected chi connectivity index (χ0v) is 22.4. The highest BCUT2D eigenvalue weighted by Gasteiger charge is 2.34. The highest BCUT2D eigenvalue weighted by Crippen LogP contribution is 2.34. The number of carbonyl (C=O) groups is 1. The zero-order valence-electron chi connectivity index (χ0n) is 22.4. The second-order valence-corrected chi connectivity index (χ2v) is 9.98. The number of aromatic nitrogens is 3. The summed E-state index contributed by atoms with van der Waals surface area (Å²) < 4.78 is 42.0. The molecule has 2 aromatic heterocycles. The van der Waals surface area contributed by atoms with Crippen LogP contribution in [0.5, 0.6) is 0 Å². The maximum atomic E-state index is 14.0. The van der Waals surface area contributed by atoms with E-state index in [1.54, 1.807) is 30.6 Å². The number of halogens is 3. The van der Waals surface area contributed by atoms with Crippen LogP contribution in [0.15, 0.2) is 54.9 Å². The first-order valence-corrected chi connectivity index (χ1v) is 13.2. The number of hydrogen-bond acceptors (Lipinski definition) is 6. The minimum Gasteiger partial charge on any atom is -0.395 e. The summed E-state index contributed by atoms with van der Waals surface area (Å²) in [5.74, 6) is 5.57. The normalized spacial score (nSPS) is 14.6. The molecule has 1 aliphatic heterocycles. The first-order valence-electron chi connectivity index (χ1n) is 13.2. The number of aliphatic hydroxyl groups excluding tert-OH is 1. The van der Waals surface area contributed by atoms with E-state index in [4.69, 9.17) is 5.11 Å². The number of β-amino-alcohol motifs (C(OH)–C–C–N with tert-alkyl or cyclic N) is 1. The first-order chi connectivity index (χ1) is 19.7. The Balaban J connectivity index is 1.31. The molecule has 0 aliphatic carbocycles. The number of aliphatic hydroxyl groups is 1. The van der Waals surface area contributed by atoms with Gasteiger partial charge in [-0.15, -0.1) is 0 Å². The van der Waals surface area contributed by atoms with Crippen LogP contribution in [0.25, 0.3) is 11.0 Å². The van der Waals surface area contributed by atoms with Crippen LogP contribution in [0.1, 0.15) is 38.2 Å². The Bertz CT molecular complexity index is 1610. The number of nitrogens with zero attached hydrogens (tertiary/aromatic N) is 4. The Morgan fingerprint density at radius 3 is 2.59 bits per heavy atom. The molecule has 212 valence electrons. The van der Waals surface area contributed by atoms with Crippen molar-refractivity contribution in [2.45, 2.75) is 19.6 Å². The van der Waals surface area contributed by atoms with Crippen molar-refractivity contribution < 1.29 is 23.1 Å². The molecule has 8 nitrogen and oxygen atoms in total. The van der Waals surface area contributed by atoms with Gasteiger partial charge in [0.1, 0.15) is 0 Å². The summed E-state index contributed by atoms with van der Waals surface area (Å²) in [4.78, 5) is 21.3. The van der Waals surface area contributed by atoms with E-state index < -0.39 is 17.6 Å². The van der Waals surface area contributed by atoms with Gasteiger partial charge < -0.3 is 10.4 Å². The Morgan fingerprint density at radius 1 is 1.05 bits per heavy atom. The number of pyridine rings is 1. The van der Waals surface area contributed by atoms with Crippen LogP contribution in [0, 0.1) is 18.8 Å². The lowest BCUT2D eigenvalue weighted by molar-refractivity contribution is -0.138. The van der Waals surface area contributed by atoms with E-state index in [1.165, 1.54) is 12.1 Å². The van der Waals surface area contributed by atoms with Crippen LogP contribution in [0.4, 0.5) is 18.9 Å². The third kappa shape index (κ3) is 6.92. The molecular formula is C30H29F3N6O2. The number of carbonyl (C=O) groups excluding carboxylic acids is 1. The van der Waals surface area contributed by atoms with E-state index >= 15 is 0 Å². The van der Waals surface area contributed by atoms with Crippen molar-refractivity contribution >= 4 is 22.6 Å². The molecule has 5 rings (SSSR count). The van der Waals surface area contributed by atoms with Gasteiger partial charge in [0.05, 0.1) is 18.4 Å². The molecule has 4 aromatic rings. The summed E-state index contributed by atoms with van der Waals surface area (Å²) >= 11 is 0. The van der Waals surface area contributed by atoms with Crippen LogP contribution >= 0.6 is 0 Å². The SMILES string of the molecule is Cc1ccc(C(=O)Nc2ccc(CN3CCN(CCO)CC3)c(C(F)(F)F)c2)cc1C#Cc1cnc2[nH]ncc2c1. The molecule has 11 heteroatoms. The molecule has 1 fully saturated rings. The lowest BCUT2D eigenvalue weighted by atomic mass is 10.0. The predicted molar refractivity (Wildman–Crippen MR) is 149 cm³/mol. The van der Waals surface area contributed by atoms with Crippen LogP contribution < -0.4 is 5.32 Å². The molecule has 1 saturated heterocycles. The van der Waals surface area contributed by atoms with Gasteiger partial charge in [-0.1, -0.05) is 24.0 Å². The van der Waals surface area contributed by atoms with Crippen LogP contribution in [-0.4, -0.2) is 75.3 Å². The fraction of sp³-hybridized carbons (Fsp3) is 0.300. The highest BCUT2D eigenvalue weighted by atomic mass is 19.4.